The van der Waals surface area contributed by atoms with E-state index in [1.165, 1.54) is 19.3 Å². The molecule has 0 bridgehead atoms. The number of rotatable bonds is 9. The first-order valence-corrected chi connectivity index (χ1v) is 8.46. The Bertz CT molecular complexity index is 299. The van der Waals surface area contributed by atoms with Crippen molar-refractivity contribution in [2.24, 2.45) is 0 Å². The third-order valence-electron chi connectivity index (χ3n) is 3.54. The minimum atomic E-state index is -2.83. The lowest BCUT2D eigenvalue weighted by Gasteiger charge is -2.37. The molecule has 0 aromatic rings. The standard InChI is InChI=1S/C12H25NO3S/c1-2-17(15,16)11-5-9-13(8-4-10-14)12-6-3-7-12/h12,14H,2-11H2,1H3. The van der Waals surface area contributed by atoms with Crippen molar-refractivity contribution in [3.63, 3.8) is 0 Å². The molecule has 0 spiro atoms. The maximum Gasteiger partial charge on any atom is 0.150 e. The quantitative estimate of drug-likeness (QED) is 0.675. The van der Waals surface area contributed by atoms with Gasteiger partial charge in [0.05, 0.1) is 5.75 Å². The Morgan fingerprint density at radius 2 is 1.88 bits per heavy atom. The molecule has 1 aliphatic rings. The molecule has 1 aliphatic carbocycles. The summed E-state index contributed by atoms with van der Waals surface area (Å²) in [6.07, 6.45) is 5.25. The first-order chi connectivity index (χ1) is 8.09. The SMILES string of the molecule is CCS(=O)(=O)CCCN(CCCO)C1CCC1. The summed E-state index contributed by atoms with van der Waals surface area (Å²) in [5.74, 6) is 0.541. The van der Waals surface area contributed by atoms with Crippen LogP contribution < -0.4 is 0 Å². The van der Waals surface area contributed by atoms with Gasteiger partial charge in [-0.15, -0.1) is 0 Å². The molecule has 0 unspecified atom stereocenters. The average Bonchev–Trinajstić information content (AvgIpc) is 2.23. The van der Waals surface area contributed by atoms with Gasteiger partial charge in [0.15, 0.2) is 0 Å². The van der Waals surface area contributed by atoms with Crippen LogP contribution in [-0.4, -0.2) is 55.7 Å². The minimum Gasteiger partial charge on any atom is -0.396 e. The average molecular weight is 263 g/mol. The van der Waals surface area contributed by atoms with E-state index in [4.69, 9.17) is 5.11 Å². The third-order valence-corrected chi connectivity index (χ3v) is 5.33. The molecule has 0 amide bonds. The van der Waals surface area contributed by atoms with Gasteiger partial charge in [0, 0.05) is 24.9 Å². The van der Waals surface area contributed by atoms with Crippen LogP contribution in [-0.2, 0) is 9.84 Å². The van der Waals surface area contributed by atoms with Gasteiger partial charge in [0.2, 0.25) is 0 Å². The van der Waals surface area contributed by atoms with Gasteiger partial charge in [-0.05, 0) is 32.2 Å². The summed E-state index contributed by atoms with van der Waals surface area (Å²) < 4.78 is 22.8. The number of sulfone groups is 1. The van der Waals surface area contributed by atoms with Gasteiger partial charge in [-0.3, -0.25) is 0 Å². The number of nitrogens with zero attached hydrogens (tertiary/aromatic N) is 1. The summed E-state index contributed by atoms with van der Waals surface area (Å²) in [6.45, 7) is 3.67. The van der Waals surface area contributed by atoms with Crippen LogP contribution in [0, 0.1) is 0 Å². The molecular formula is C12H25NO3S. The summed E-state index contributed by atoms with van der Waals surface area (Å²) in [5.41, 5.74) is 0. The van der Waals surface area contributed by atoms with E-state index in [1.807, 2.05) is 0 Å². The summed E-state index contributed by atoms with van der Waals surface area (Å²) in [5, 5.41) is 8.86. The van der Waals surface area contributed by atoms with Gasteiger partial charge >= 0.3 is 0 Å². The smallest absolute Gasteiger partial charge is 0.150 e. The lowest BCUT2D eigenvalue weighted by Crippen LogP contribution is -2.42. The zero-order chi connectivity index (χ0) is 12.7. The summed E-state index contributed by atoms with van der Waals surface area (Å²) in [7, 11) is -2.83. The van der Waals surface area contributed by atoms with E-state index in [1.54, 1.807) is 6.92 Å². The highest BCUT2D eigenvalue weighted by Crippen LogP contribution is 2.25. The number of hydrogen-bond donors (Lipinski definition) is 1. The monoisotopic (exact) mass is 263 g/mol. The van der Waals surface area contributed by atoms with E-state index < -0.39 is 9.84 Å². The second-order valence-electron chi connectivity index (χ2n) is 4.79. The fourth-order valence-electron chi connectivity index (χ4n) is 2.13. The van der Waals surface area contributed by atoms with E-state index in [-0.39, 0.29) is 12.4 Å². The highest BCUT2D eigenvalue weighted by molar-refractivity contribution is 7.91. The number of aliphatic hydroxyl groups excluding tert-OH is 1. The predicted molar refractivity (Wildman–Crippen MR) is 69.9 cm³/mol. The topological polar surface area (TPSA) is 57.6 Å². The van der Waals surface area contributed by atoms with Crippen LogP contribution in [0.1, 0.15) is 39.0 Å². The second kappa shape index (κ2) is 7.34. The van der Waals surface area contributed by atoms with Crippen molar-refractivity contribution in [3.05, 3.63) is 0 Å². The Labute approximate surface area is 105 Å². The molecule has 1 N–H and O–H groups in total. The molecule has 0 heterocycles. The van der Waals surface area contributed by atoms with E-state index in [0.717, 1.165) is 25.9 Å². The van der Waals surface area contributed by atoms with Crippen LogP contribution in [0.5, 0.6) is 0 Å². The van der Waals surface area contributed by atoms with Crippen molar-refractivity contribution in [1.82, 2.24) is 4.90 Å². The molecule has 0 atom stereocenters. The second-order valence-corrected chi connectivity index (χ2v) is 7.26. The molecule has 5 heteroatoms. The largest absolute Gasteiger partial charge is 0.396 e. The van der Waals surface area contributed by atoms with Crippen LogP contribution in [0.3, 0.4) is 0 Å². The van der Waals surface area contributed by atoms with Gasteiger partial charge in [0.25, 0.3) is 0 Å². The lowest BCUT2D eigenvalue weighted by molar-refractivity contribution is 0.117. The predicted octanol–water partition coefficient (Wildman–Crippen LogP) is 1.05. The third kappa shape index (κ3) is 5.36. The van der Waals surface area contributed by atoms with Crippen LogP contribution >= 0.6 is 0 Å². The molecular weight excluding hydrogens is 238 g/mol. The van der Waals surface area contributed by atoms with E-state index in [0.29, 0.717) is 11.8 Å². The maximum atomic E-state index is 11.4. The summed E-state index contributed by atoms with van der Waals surface area (Å²) in [4.78, 5) is 2.35. The Hall–Kier alpha value is -0.130. The highest BCUT2D eigenvalue weighted by atomic mass is 32.2. The van der Waals surface area contributed by atoms with Crippen molar-refractivity contribution >= 4 is 9.84 Å². The van der Waals surface area contributed by atoms with Crippen molar-refractivity contribution in [3.8, 4) is 0 Å². The van der Waals surface area contributed by atoms with E-state index >= 15 is 0 Å². The molecule has 4 nitrogen and oxygen atoms in total. The number of aliphatic hydroxyl groups is 1. The van der Waals surface area contributed by atoms with Gasteiger partial charge in [-0.2, -0.15) is 0 Å². The lowest BCUT2D eigenvalue weighted by atomic mass is 9.91. The van der Waals surface area contributed by atoms with Gasteiger partial charge in [-0.25, -0.2) is 8.42 Å². The molecule has 1 rings (SSSR count). The Morgan fingerprint density at radius 1 is 1.24 bits per heavy atom. The number of hydrogen-bond acceptors (Lipinski definition) is 4. The molecule has 102 valence electrons. The molecule has 1 fully saturated rings. The van der Waals surface area contributed by atoms with Crippen LogP contribution in [0.25, 0.3) is 0 Å². The van der Waals surface area contributed by atoms with Crippen molar-refractivity contribution in [1.29, 1.82) is 0 Å². The van der Waals surface area contributed by atoms with E-state index in [9.17, 15) is 8.42 Å². The fourth-order valence-corrected chi connectivity index (χ4v) is 2.99. The Balaban J connectivity index is 2.28. The first kappa shape index (κ1) is 14.9. The molecule has 0 saturated heterocycles. The zero-order valence-electron chi connectivity index (χ0n) is 10.8. The van der Waals surface area contributed by atoms with Crippen molar-refractivity contribution in [2.75, 3.05) is 31.2 Å². The fraction of sp³-hybridized carbons (Fsp3) is 1.00. The first-order valence-electron chi connectivity index (χ1n) is 6.64. The van der Waals surface area contributed by atoms with Crippen molar-refractivity contribution in [2.45, 2.75) is 45.1 Å². The molecule has 1 saturated carbocycles. The molecule has 0 aliphatic heterocycles. The molecule has 17 heavy (non-hydrogen) atoms. The summed E-state index contributed by atoms with van der Waals surface area (Å²) >= 11 is 0. The molecule has 0 aromatic carbocycles. The van der Waals surface area contributed by atoms with Crippen LogP contribution in [0.15, 0.2) is 0 Å². The normalized spacial score (nSPS) is 17.4. The summed E-state index contributed by atoms with van der Waals surface area (Å²) in [6, 6.07) is 0.630. The molecule has 0 aromatic heterocycles. The maximum absolute atomic E-state index is 11.4. The van der Waals surface area contributed by atoms with Gasteiger partial charge in [-0.1, -0.05) is 13.3 Å². The van der Waals surface area contributed by atoms with Gasteiger partial charge in [0.1, 0.15) is 9.84 Å². The highest BCUT2D eigenvalue weighted by Gasteiger charge is 2.24. The minimum absolute atomic E-state index is 0.219. The molecule has 0 radical (unpaired) electrons. The van der Waals surface area contributed by atoms with E-state index in [2.05, 4.69) is 4.90 Å². The van der Waals surface area contributed by atoms with Gasteiger partial charge < -0.3 is 10.0 Å². The van der Waals surface area contributed by atoms with Crippen molar-refractivity contribution < 1.29 is 13.5 Å². The van der Waals surface area contributed by atoms with Crippen LogP contribution in [0.4, 0.5) is 0 Å². The van der Waals surface area contributed by atoms with Crippen LogP contribution in [0.2, 0.25) is 0 Å². The zero-order valence-corrected chi connectivity index (χ0v) is 11.6. The Kier molecular flexibility index (Phi) is 6.44. The Morgan fingerprint density at radius 3 is 2.35 bits per heavy atom.